The molecule has 2 aliphatic carbocycles. The fraction of sp³-hybridized carbons (Fsp3) is 0.857. The van der Waals surface area contributed by atoms with Crippen molar-refractivity contribution in [1.29, 1.82) is 0 Å². The second-order valence-corrected chi connectivity index (χ2v) is 6.33. The summed E-state index contributed by atoms with van der Waals surface area (Å²) in [5, 5.41) is 3.34. The number of hydrogen-bond acceptors (Lipinski definition) is 3. The second-order valence-electron chi connectivity index (χ2n) is 5.77. The van der Waals surface area contributed by atoms with Gasteiger partial charge in [-0.25, -0.2) is 4.79 Å². The summed E-state index contributed by atoms with van der Waals surface area (Å²) in [6, 6.07) is 0. The van der Waals surface area contributed by atoms with Crippen LogP contribution in [0.25, 0.3) is 0 Å². The number of alkyl carbamates (subject to hydrolysis) is 1. The molecule has 108 valence electrons. The molecule has 5 heteroatoms. The molecule has 0 aliphatic heterocycles. The number of halogens is 1. The number of alkyl halides is 1. The summed E-state index contributed by atoms with van der Waals surface area (Å²) in [5.74, 6) is 0.142. The zero-order chi connectivity index (χ0) is 13.7. The highest BCUT2D eigenvalue weighted by Crippen LogP contribution is 2.33. The summed E-state index contributed by atoms with van der Waals surface area (Å²) in [6.45, 7) is 0. The van der Waals surface area contributed by atoms with E-state index in [1.165, 1.54) is 0 Å². The summed E-state index contributed by atoms with van der Waals surface area (Å²) in [4.78, 5) is 23.6. The Morgan fingerprint density at radius 3 is 2.37 bits per heavy atom. The van der Waals surface area contributed by atoms with E-state index in [-0.39, 0.29) is 23.5 Å². The van der Waals surface area contributed by atoms with E-state index in [1.54, 1.807) is 0 Å². The third-order valence-corrected chi connectivity index (χ3v) is 4.81. The van der Waals surface area contributed by atoms with Crippen molar-refractivity contribution in [3.05, 3.63) is 0 Å². The molecule has 19 heavy (non-hydrogen) atoms. The zero-order valence-electron chi connectivity index (χ0n) is 11.3. The predicted octanol–water partition coefficient (Wildman–Crippen LogP) is 3.32. The van der Waals surface area contributed by atoms with Crippen molar-refractivity contribution >= 4 is 27.8 Å². The third-order valence-electron chi connectivity index (χ3n) is 4.19. The van der Waals surface area contributed by atoms with E-state index >= 15 is 0 Å². The van der Waals surface area contributed by atoms with Crippen LogP contribution in [0, 0.1) is 0 Å². The lowest BCUT2D eigenvalue weighted by Crippen LogP contribution is -2.48. The molecule has 2 aliphatic rings. The molecule has 0 saturated heterocycles. The number of ether oxygens (including phenoxy) is 1. The number of Topliss-reactive ketones (excluding diaryl/α,β-unsaturated/α-hetero) is 1. The summed E-state index contributed by atoms with van der Waals surface area (Å²) in [6.07, 6.45) is 8.28. The maximum atomic E-state index is 12.0. The van der Waals surface area contributed by atoms with Crippen LogP contribution in [0.1, 0.15) is 57.8 Å². The van der Waals surface area contributed by atoms with Gasteiger partial charge in [0.1, 0.15) is 11.9 Å². The standard InChI is InChI=1S/C14H22BrNO3/c15-10-11(17)9-14(7-3-4-8-14)16-13(18)19-12-5-1-2-6-12/h12H,1-10H2,(H,16,18). The topological polar surface area (TPSA) is 55.4 Å². The van der Waals surface area contributed by atoms with Gasteiger partial charge >= 0.3 is 6.09 Å². The maximum absolute atomic E-state index is 12.0. The summed E-state index contributed by atoms with van der Waals surface area (Å²) in [5.41, 5.74) is -0.361. The van der Waals surface area contributed by atoms with Crippen molar-refractivity contribution in [2.24, 2.45) is 0 Å². The number of hydrogen-bond donors (Lipinski definition) is 1. The monoisotopic (exact) mass is 331 g/mol. The molecule has 4 nitrogen and oxygen atoms in total. The van der Waals surface area contributed by atoms with Gasteiger partial charge in [-0.15, -0.1) is 0 Å². The smallest absolute Gasteiger partial charge is 0.407 e. The van der Waals surface area contributed by atoms with Crippen LogP contribution < -0.4 is 5.32 Å². The molecule has 0 radical (unpaired) electrons. The van der Waals surface area contributed by atoms with Crippen molar-refractivity contribution in [2.75, 3.05) is 5.33 Å². The van der Waals surface area contributed by atoms with Crippen molar-refractivity contribution in [2.45, 2.75) is 69.4 Å². The summed E-state index contributed by atoms with van der Waals surface area (Å²) in [7, 11) is 0. The van der Waals surface area contributed by atoms with Crippen molar-refractivity contribution < 1.29 is 14.3 Å². The van der Waals surface area contributed by atoms with Gasteiger partial charge in [0.15, 0.2) is 0 Å². The van der Waals surface area contributed by atoms with E-state index < -0.39 is 0 Å². The van der Waals surface area contributed by atoms with Gasteiger partial charge in [0, 0.05) is 6.42 Å². The van der Waals surface area contributed by atoms with Crippen molar-refractivity contribution in [1.82, 2.24) is 5.32 Å². The molecule has 0 atom stereocenters. The van der Waals surface area contributed by atoms with E-state index in [1.807, 2.05) is 0 Å². The number of carbonyl (C=O) groups is 2. The largest absolute Gasteiger partial charge is 0.446 e. The van der Waals surface area contributed by atoms with Crippen LogP contribution in [0.3, 0.4) is 0 Å². The van der Waals surface area contributed by atoms with E-state index in [2.05, 4.69) is 21.2 Å². The van der Waals surface area contributed by atoms with Crippen LogP contribution >= 0.6 is 15.9 Å². The normalized spacial score (nSPS) is 22.4. The van der Waals surface area contributed by atoms with Crippen LogP contribution in [0.15, 0.2) is 0 Å². The molecule has 0 heterocycles. The fourth-order valence-electron chi connectivity index (χ4n) is 3.23. The summed E-state index contributed by atoms with van der Waals surface area (Å²) < 4.78 is 5.44. The molecule has 0 unspecified atom stereocenters. The lowest BCUT2D eigenvalue weighted by molar-refractivity contribution is -0.117. The van der Waals surface area contributed by atoms with Crippen LogP contribution in [-0.2, 0) is 9.53 Å². The first-order chi connectivity index (χ1) is 9.13. The molecule has 0 aromatic carbocycles. The minimum Gasteiger partial charge on any atom is -0.446 e. The van der Waals surface area contributed by atoms with Crippen LogP contribution in [0.4, 0.5) is 4.79 Å². The zero-order valence-corrected chi connectivity index (χ0v) is 12.8. The first kappa shape index (κ1) is 14.8. The van der Waals surface area contributed by atoms with E-state index in [0.29, 0.717) is 11.8 Å². The van der Waals surface area contributed by atoms with Crippen LogP contribution in [-0.4, -0.2) is 28.8 Å². The van der Waals surface area contributed by atoms with Gasteiger partial charge in [-0.1, -0.05) is 28.8 Å². The highest BCUT2D eigenvalue weighted by Gasteiger charge is 2.38. The van der Waals surface area contributed by atoms with E-state index in [4.69, 9.17) is 4.74 Å². The number of amides is 1. The summed E-state index contributed by atoms with van der Waals surface area (Å²) >= 11 is 3.19. The average Bonchev–Trinajstić information content (AvgIpc) is 3.01. The molecule has 0 spiro atoms. The number of ketones is 1. The lowest BCUT2D eigenvalue weighted by atomic mass is 9.91. The Bertz CT molecular complexity index is 334. The van der Waals surface area contributed by atoms with Gasteiger partial charge in [-0.3, -0.25) is 4.79 Å². The average molecular weight is 332 g/mol. The Morgan fingerprint density at radius 2 is 1.79 bits per heavy atom. The number of rotatable bonds is 5. The second kappa shape index (κ2) is 6.73. The molecule has 0 aromatic heterocycles. The quantitative estimate of drug-likeness (QED) is 0.786. The predicted molar refractivity (Wildman–Crippen MR) is 76.5 cm³/mol. The number of nitrogens with one attached hydrogen (secondary N) is 1. The van der Waals surface area contributed by atoms with Crippen molar-refractivity contribution in [3.63, 3.8) is 0 Å². The minimum atomic E-state index is -0.361. The SMILES string of the molecule is O=C(CBr)CC1(NC(=O)OC2CCCC2)CCCC1. The Hall–Kier alpha value is -0.580. The Labute approximate surface area is 122 Å². The van der Waals surface area contributed by atoms with Gasteiger partial charge in [-0.2, -0.15) is 0 Å². The Balaban J connectivity index is 1.88. The van der Waals surface area contributed by atoms with Gasteiger partial charge in [0.25, 0.3) is 0 Å². The van der Waals surface area contributed by atoms with Crippen LogP contribution in [0.2, 0.25) is 0 Å². The fourth-order valence-corrected chi connectivity index (χ4v) is 3.42. The highest BCUT2D eigenvalue weighted by atomic mass is 79.9. The molecule has 2 rings (SSSR count). The highest BCUT2D eigenvalue weighted by molar-refractivity contribution is 9.09. The van der Waals surface area contributed by atoms with Gasteiger partial charge in [0.05, 0.1) is 10.9 Å². The molecule has 0 aromatic rings. The van der Waals surface area contributed by atoms with E-state index in [9.17, 15) is 9.59 Å². The Kier molecular flexibility index (Phi) is 5.25. The van der Waals surface area contributed by atoms with Crippen LogP contribution in [0.5, 0.6) is 0 Å². The van der Waals surface area contributed by atoms with Gasteiger partial charge in [0.2, 0.25) is 0 Å². The number of carbonyl (C=O) groups excluding carboxylic acids is 2. The molecule has 1 amide bonds. The lowest BCUT2D eigenvalue weighted by Gasteiger charge is -2.29. The third kappa shape index (κ3) is 4.20. The first-order valence-corrected chi connectivity index (χ1v) is 8.32. The molecular formula is C14H22BrNO3. The molecule has 2 saturated carbocycles. The van der Waals surface area contributed by atoms with Gasteiger partial charge in [-0.05, 0) is 38.5 Å². The maximum Gasteiger partial charge on any atom is 0.407 e. The molecular weight excluding hydrogens is 310 g/mol. The van der Waals surface area contributed by atoms with E-state index in [0.717, 1.165) is 51.4 Å². The van der Waals surface area contributed by atoms with Crippen molar-refractivity contribution in [3.8, 4) is 0 Å². The molecule has 1 N–H and O–H groups in total. The Morgan fingerprint density at radius 1 is 1.16 bits per heavy atom. The first-order valence-electron chi connectivity index (χ1n) is 7.20. The molecule has 2 fully saturated rings. The molecule has 0 bridgehead atoms. The van der Waals surface area contributed by atoms with Gasteiger partial charge < -0.3 is 10.1 Å². The minimum absolute atomic E-state index is 0.0744.